The Kier molecular flexibility index (Phi) is 5.11. The van der Waals surface area contributed by atoms with E-state index in [-0.39, 0.29) is 12.4 Å². The number of Topliss-reactive ketones (excluding diaryl/α,β-unsaturated/α-hetero) is 1. The second-order valence-corrected chi connectivity index (χ2v) is 6.80. The number of carbonyl (C=O) groups excluding carboxylic acids is 3. The average molecular weight is 332 g/mol. The Labute approximate surface area is 142 Å². The molecular formula is C19H24O5. The molecule has 130 valence electrons. The van der Waals surface area contributed by atoms with Crippen LogP contribution >= 0.6 is 0 Å². The van der Waals surface area contributed by atoms with E-state index in [9.17, 15) is 14.4 Å². The van der Waals surface area contributed by atoms with Crippen LogP contribution in [0.4, 0.5) is 0 Å². The lowest BCUT2D eigenvalue weighted by Gasteiger charge is -2.30. The zero-order valence-electron chi connectivity index (χ0n) is 14.8. The number of cyclic esters (lactones) is 1. The van der Waals surface area contributed by atoms with Gasteiger partial charge >= 0.3 is 11.9 Å². The second-order valence-electron chi connectivity index (χ2n) is 6.80. The molecule has 0 amide bonds. The summed E-state index contributed by atoms with van der Waals surface area (Å²) in [5.74, 6) is -3.54. The number of carbonyl (C=O) groups is 3. The van der Waals surface area contributed by atoms with Gasteiger partial charge in [-0.2, -0.15) is 0 Å². The van der Waals surface area contributed by atoms with E-state index in [1.54, 1.807) is 39.8 Å². The van der Waals surface area contributed by atoms with Gasteiger partial charge in [0.05, 0.1) is 6.61 Å². The van der Waals surface area contributed by atoms with Crippen molar-refractivity contribution in [1.82, 2.24) is 0 Å². The highest BCUT2D eigenvalue weighted by molar-refractivity contribution is 6.01. The third-order valence-electron chi connectivity index (χ3n) is 4.61. The smallest absolute Gasteiger partial charge is 0.321 e. The molecule has 1 aromatic rings. The molecule has 1 aliphatic heterocycles. The number of ether oxygens (including phenoxy) is 2. The summed E-state index contributed by atoms with van der Waals surface area (Å²) < 4.78 is 10.4. The van der Waals surface area contributed by atoms with E-state index in [1.807, 2.05) is 19.1 Å². The molecule has 3 atom stereocenters. The van der Waals surface area contributed by atoms with Gasteiger partial charge in [0.15, 0.2) is 11.7 Å². The Balaban J connectivity index is 2.33. The van der Waals surface area contributed by atoms with Gasteiger partial charge in [-0.15, -0.1) is 0 Å². The first-order valence-corrected chi connectivity index (χ1v) is 8.19. The van der Waals surface area contributed by atoms with E-state index in [0.717, 1.165) is 5.56 Å². The lowest BCUT2D eigenvalue weighted by Crippen LogP contribution is -2.41. The fourth-order valence-electron chi connectivity index (χ4n) is 3.45. The molecule has 0 unspecified atom stereocenters. The van der Waals surface area contributed by atoms with Gasteiger partial charge in [0.1, 0.15) is 5.60 Å². The molecular weight excluding hydrogens is 308 g/mol. The minimum Gasteiger partial charge on any atom is -0.465 e. The van der Waals surface area contributed by atoms with Crippen molar-refractivity contribution in [3.8, 4) is 0 Å². The number of benzene rings is 1. The van der Waals surface area contributed by atoms with Crippen LogP contribution in [0.15, 0.2) is 24.3 Å². The maximum absolute atomic E-state index is 12.8. The molecule has 2 rings (SSSR count). The van der Waals surface area contributed by atoms with Gasteiger partial charge < -0.3 is 9.47 Å². The monoisotopic (exact) mass is 332 g/mol. The molecule has 1 aromatic carbocycles. The van der Waals surface area contributed by atoms with Crippen LogP contribution in [-0.2, 0) is 19.1 Å². The molecule has 5 heteroatoms. The van der Waals surface area contributed by atoms with E-state index in [0.29, 0.717) is 5.56 Å². The topological polar surface area (TPSA) is 69.7 Å². The van der Waals surface area contributed by atoms with Crippen LogP contribution < -0.4 is 0 Å². The summed E-state index contributed by atoms with van der Waals surface area (Å²) in [6.45, 7) is 9.00. The Bertz CT molecular complexity index is 644. The molecule has 0 bridgehead atoms. The molecule has 1 heterocycles. The lowest BCUT2D eigenvalue weighted by molar-refractivity contribution is -0.157. The highest BCUT2D eigenvalue weighted by Crippen LogP contribution is 2.43. The van der Waals surface area contributed by atoms with Gasteiger partial charge in [0.2, 0.25) is 0 Å². The molecule has 1 saturated heterocycles. The predicted octanol–water partition coefficient (Wildman–Crippen LogP) is 2.94. The van der Waals surface area contributed by atoms with Gasteiger partial charge in [-0.3, -0.25) is 14.4 Å². The molecule has 5 nitrogen and oxygen atoms in total. The van der Waals surface area contributed by atoms with Crippen molar-refractivity contribution in [3.05, 3.63) is 35.4 Å². The molecule has 1 aliphatic rings. The van der Waals surface area contributed by atoms with E-state index < -0.39 is 35.3 Å². The molecule has 0 N–H and O–H groups in total. The Morgan fingerprint density at radius 1 is 1.25 bits per heavy atom. The van der Waals surface area contributed by atoms with E-state index in [2.05, 4.69) is 0 Å². The van der Waals surface area contributed by atoms with Crippen molar-refractivity contribution in [2.45, 2.75) is 40.2 Å². The van der Waals surface area contributed by atoms with Gasteiger partial charge in [0.25, 0.3) is 0 Å². The van der Waals surface area contributed by atoms with Crippen molar-refractivity contribution in [2.24, 2.45) is 17.8 Å². The molecule has 1 fully saturated rings. The van der Waals surface area contributed by atoms with Crippen LogP contribution in [-0.4, -0.2) is 29.9 Å². The first-order valence-electron chi connectivity index (χ1n) is 8.19. The van der Waals surface area contributed by atoms with Crippen LogP contribution in [0.25, 0.3) is 0 Å². The van der Waals surface area contributed by atoms with E-state index >= 15 is 0 Å². The summed E-state index contributed by atoms with van der Waals surface area (Å²) >= 11 is 0. The zero-order valence-corrected chi connectivity index (χ0v) is 14.8. The SMILES string of the molecule is CCOC(=O)[C@@H]1C(=O)OC(C)(C)[C@H]1[C@@H](C)C(=O)c1ccc(C)cc1. The second kappa shape index (κ2) is 6.75. The molecule has 0 aliphatic carbocycles. The van der Waals surface area contributed by atoms with E-state index in [4.69, 9.17) is 9.47 Å². The quantitative estimate of drug-likeness (QED) is 0.471. The maximum atomic E-state index is 12.8. The normalized spacial score (nSPS) is 23.5. The van der Waals surface area contributed by atoms with Gasteiger partial charge in [-0.25, -0.2) is 0 Å². The standard InChI is InChI=1S/C19H24O5/c1-6-23-17(21)14-15(19(4,5)24-18(14)22)12(3)16(20)13-9-7-11(2)8-10-13/h7-10,12,14-15H,6H2,1-5H3/t12-,14-,15+/m1/s1. The summed E-state index contributed by atoms with van der Waals surface area (Å²) in [6, 6.07) is 7.25. The van der Waals surface area contributed by atoms with Crippen LogP contribution in [0.1, 0.15) is 43.6 Å². The highest BCUT2D eigenvalue weighted by atomic mass is 16.6. The summed E-state index contributed by atoms with van der Waals surface area (Å²) in [6.07, 6.45) is 0. The van der Waals surface area contributed by atoms with Crippen LogP contribution in [0.3, 0.4) is 0 Å². The number of hydrogen-bond acceptors (Lipinski definition) is 5. The first kappa shape index (κ1) is 18.2. The molecule has 24 heavy (non-hydrogen) atoms. The van der Waals surface area contributed by atoms with Gasteiger partial charge in [0, 0.05) is 17.4 Å². The highest BCUT2D eigenvalue weighted by Gasteiger charge is 2.57. The molecule has 0 aromatic heterocycles. The minimum atomic E-state index is -1.07. The number of ketones is 1. The first-order chi connectivity index (χ1) is 11.2. The van der Waals surface area contributed by atoms with Crippen molar-refractivity contribution in [3.63, 3.8) is 0 Å². The average Bonchev–Trinajstić information content (AvgIpc) is 2.75. The maximum Gasteiger partial charge on any atom is 0.321 e. The predicted molar refractivity (Wildman–Crippen MR) is 88.5 cm³/mol. The number of esters is 2. The molecule has 0 saturated carbocycles. The van der Waals surface area contributed by atoms with Crippen LogP contribution in [0, 0.1) is 24.7 Å². The number of hydrogen-bond donors (Lipinski definition) is 0. The molecule has 0 spiro atoms. The van der Waals surface area contributed by atoms with Crippen molar-refractivity contribution in [2.75, 3.05) is 6.61 Å². The van der Waals surface area contributed by atoms with Crippen molar-refractivity contribution < 1.29 is 23.9 Å². The van der Waals surface area contributed by atoms with Crippen LogP contribution in [0.2, 0.25) is 0 Å². The Morgan fingerprint density at radius 3 is 2.38 bits per heavy atom. The fraction of sp³-hybridized carbons (Fsp3) is 0.526. The Morgan fingerprint density at radius 2 is 1.83 bits per heavy atom. The van der Waals surface area contributed by atoms with E-state index in [1.165, 1.54) is 0 Å². The Hall–Kier alpha value is -2.17. The van der Waals surface area contributed by atoms with Gasteiger partial charge in [-0.1, -0.05) is 36.8 Å². The summed E-state index contributed by atoms with van der Waals surface area (Å²) in [5.41, 5.74) is 0.711. The lowest BCUT2D eigenvalue weighted by atomic mass is 9.72. The van der Waals surface area contributed by atoms with Crippen molar-refractivity contribution >= 4 is 17.7 Å². The summed E-state index contributed by atoms with van der Waals surface area (Å²) in [4.78, 5) is 37.3. The van der Waals surface area contributed by atoms with Gasteiger partial charge in [-0.05, 0) is 27.7 Å². The summed E-state index contributed by atoms with van der Waals surface area (Å²) in [7, 11) is 0. The minimum absolute atomic E-state index is 0.110. The number of rotatable bonds is 5. The third kappa shape index (κ3) is 3.35. The third-order valence-corrected chi connectivity index (χ3v) is 4.61. The number of aryl methyl sites for hydroxylation is 1. The zero-order chi connectivity index (χ0) is 18.1. The fourth-order valence-corrected chi connectivity index (χ4v) is 3.45. The van der Waals surface area contributed by atoms with Crippen LogP contribution in [0.5, 0.6) is 0 Å². The molecule has 0 radical (unpaired) electrons. The largest absolute Gasteiger partial charge is 0.465 e. The van der Waals surface area contributed by atoms with Crippen molar-refractivity contribution in [1.29, 1.82) is 0 Å². The summed E-state index contributed by atoms with van der Waals surface area (Å²) in [5, 5.41) is 0.